The summed E-state index contributed by atoms with van der Waals surface area (Å²) in [4.78, 5) is 0. The Kier molecular flexibility index (Phi) is 4.34. The lowest BCUT2D eigenvalue weighted by atomic mass is 10.1. The Hall–Kier alpha value is -2.02. The fraction of sp³-hybridized carbons (Fsp3) is 0.333. The maximum atomic E-state index is 8.83. The molecule has 1 aliphatic rings. The highest BCUT2D eigenvalue weighted by molar-refractivity contribution is 5.86. The number of amidine groups is 1. The number of hydrazone groups is 1. The molecule has 4 nitrogen and oxygen atoms in total. The molecular formula is C12H16N4. The molecule has 0 amide bonds. The first-order valence-electron chi connectivity index (χ1n) is 5.23. The number of allylic oxidation sites excluding steroid dienone is 4. The van der Waals surface area contributed by atoms with Gasteiger partial charge in [-0.05, 0) is 18.6 Å². The van der Waals surface area contributed by atoms with Gasteiger partial charge in [-0.1, -0.05) is 25.7 Å². The molecule has 0 aromatic rings. The number of hydrogen-bond acceptors (Lipinski definition) is 4. The predicted octanol–water partition coefficient (Wildman–Crippen LogP) is 1.75. The normalized spacial score (nSPS) is 21.0. The smallest absolute Gasteiger partial charge is 0.139 e. The van der Waals surface area contributed by atoms with E-state index in [1.807, 2.05) is 18.2 Å². The average Bonchev–Trinajstić information content (AvgIpc) is 2.66. The fourth-order valence-corrected chi connectivity index (χ4v) is 1.35. The van der Waals surface area contributed by atoms with Crippen LogP contribution in [0.1, 0.15) is 13.3 Å². The molecule has 1 aliphatic heterocycles. The topological polar surface area (TPSA) is 65.4 Å². The summed E-state index contributed by atoms with van der Waals surface area (Å²) in [6.07, 6.45) is 8.58. The van der Waals surface area contributed by atoms with Gasteiger partial charge in [0, 0.05) is 0 Å². The minimum absolute atomic E-state index is 0.321. The van der Waals surface area contributed by atoms with Gasteiger partial charge < -0.3 is 5.73 Å². The first-order chi connectivity index (χ1) is 7.72. The quantitative estimate of drug-likeness (QED) is 0.728. The van der Waals surface area contributed by atoms with Crippen molar-refractivity contribution >= 4 is 5.84 Å². The summed E-state index contributed by atoms with van der Waals surface area (Å²) < 4.78 is 0. The lowest BCUT2D eigenvalue weighted by Gasteiger charge is -2.13. The van der Waals surface area contributed by atoms with Crippen LogP contribution in [-0.2, 0) is 0 Å². The highest BCUT2D eigenvalue weighted by Crippen LogP contribution is 2.16. The van der Waals surface area contributed by atoms with E-state index in [9.17, 15) is 0 Å². The summed E-state index contributed by atoms with van der Waals surface area (Å²) in [7, 11) is 0. The molecule has 0 aromatic heterocycles. The molecule has 84 valence electrons. The Labute approximate surface area is 96.0 Å². The van der Waals surface area contributed by atoms with E-state index in [0.29, 0.717) is 12.4 Å². The van der Waals surface area contributed by atoms with Gasteiger partial charge in [-0.2, -0.15) is 10.4 Å². The summed E-state index contributed by atoms with van der Waals surface area (Å²) in [6, 6.07) is 2.11. The van der Waals surface area contributed by atoms with Crippen molar-refractivity contribution in [3.05, 3.63) is 36.6 Å². The molecular weight excluding hydrogens is 200 g/mol. The van der Waals surface area contributed by atoms with Crippen LogP contribution in [0, 0.1) is 17.2 Å². The Balaban J connectivity index is 2.78. The van der Waals surface area contributed by atoms with Gasteiger partial charge in [0.15, 0.2) is 0 Å². The zero-order valence-corrected chi connectivity index (χ0v) is 9.43. The zero-order chi connectivity index (χ0) is 12.0. The second kappa shape index (κ2) is 5.76. The Morgan fingerprint density at radius 2 is 2.56 bits per heavy atom. The van der Waals surface area contributed by atoms with Crippen LogP contribution < -0.4 is 5.73 Å². The van der Waals surface area contributed by atoms with Crippen molar-refractivity contribution in [2.75, 3.05) is 6.54 Å². The van der Waals surface area contributed by atoms with Gasteiger partial charge in [0.25, 0.3) is 0 Å². The zero-order valence-electron chi connectivity index (χ0n) is 9.43. The lowest BCUT2D eigenvalue weighted by molar-refractivity contribution is 0.399. The fourth-order valence-electron chi connectivity index (χ4n) is 1.35. The second-order valence-corrected chi connectivity index (χ2v) is 3.42. The highest BCUT2D eigenvalue weighted by atomic mass is 15.5. The average molecular weight is 216 g/mol. The molecule has 2 N–H and O–H groups in total. The summed E-state index contributed by atoms with van der Waals surface area (Å²) in [5, 5.41) is 14.7. The molecule has 0 radical (unpaired) electrons. The van der Waals surface area contributed by atoms with Crippen molar-refractivity contribution < 1.29 is 0 Å². The Morgan fingerprint density at radius 1 is 1.81 bits per heavy atom. The van der Waals surface area contributed by atoms with Gasteiger partial charge >= 0.3 is 0 Å². The maximum absolute atomic E-state index is 8.83. The molecule has 0 bridgehead atoms. The predicted molar refractivity (Wildman–Crippen MR) is 65.1 cm³/mol. The van der Waals surface area contributed by atoms with Gasteiger partial charge in [-0.25, -0.2) is 0 Å². The van der Waals surface area contributed by atoms with Crippen molar-refractivity contribution in [2.45, 2.75) is 13.3 Å². The summed E-state index contributed by atoms with van der Waals surface area (Å²) in [5.74, 6) is 0.0493. The third kappa shape index (κ3) is 2.74. The third-order valence-corrected chi connectivity index (χ3v) is 2.25. The van der Waals surface area contributed by atoms with Gasteiger partial charge in [0.05, 0.1) is 18.3 Å². The maximum Gasteiger partial charge on any atom is 0.139 e. The van der Waals surface area contributed by atoms with Crippen LogP contribution in [0.15, 0.2) is 41.7 Å². The Bertz CT molecular complexity index is 384. The van der Waals surface area contributed by atoms with Crippen LogP contribution in [-0.4, -0.2) is 17.4 Å². The molecule has 4 heteroatoms. The van der Waals surface area contributed by atoms with E-state index in [4.69, 9.17) is 11.0 Å². The van der Waals surface area contributed by atoms with E-state index in [1.54, 1.807) is 11.1 Å². The van der Waals surface area contributed by atoms with E-state index in [-0.39, 0.29) is 5.92 Å². The number of nitrogens with two attached hydrogens (primary N) is 1. The SMILES string of the molecule is C=CC(=CC=CCC)N1CC(C#N)C(N)=N1. The molecule has 0 aromatic carbocycles. The molecule has 16 heavy (non-hydrogen) atoms. The number of hydrogen-bond donors (Lipinski definition) is 1. The minimum Gasteiger partial charge on any atom is -0.385 e. The van der Waals surface area contributed by atoms with E-state index < -0.39 is 0 Å². The molecule has 0 aliphatic carbocycles. The van der Waals surface area contributed by atoms with Gasteiger partial charge in [-0.15, -0.1) is 0 Å². The molecule has 1 rings (SSSR count). The van der Waals surface area contributed by atoms with Gasteiger partial charge in [-0.3, -0.25) is 5.01 Å². The van der Waals surface area contributed by atoms with Crippen molar-refractivity contribution in [1.29, 1.82) is 5.26 Å². The van der Waals surface area contributed by atoms with Crippen LogP contribution in [0.25, 0.3) is 0 Å². The second-order valence-electron chi connectivity index (χ2n) is 3.42. The summed E-state index contributed by atoms with van der Waals surface area (Å²) >= 11 is 0. The number of nitriles is 1. The molecule has 0 saturated carbocycles. The molecule has 1 unspecified atom stereocenters. The van der Waals surface area contributed by atoms with Crippen LogP contribution in [0.5, 0.6) is 0 Å². The standard InChI is InChI=1S/C12H16N4/c1-3-5-6-7-11(4-2)16-9-10(8-13)12(14)15-16/h4-7,10H,2-3,9H2,1H3,(H2,14,15). The monoisotopic (exact) mass is 216 g/mol. The van der Waals surface area contributed by atoms with Crippen molar-refractivity contribution in [3.8, 4) is 6.07 Å². The van der Waals surface area contributed by atoms with E-state index in [1.165, 1.54) is 0 Å². The third-order valence-electron chi connectivity index (χ3n) is 2.25. The van der Waals surface area contributed by atoms with Gasteiger partial charge in [0.1, 0.15) is 11.8 Å². The molecule has 1 atom stereocenters. The highest BCUT2D eigenvalue weighted by Gasteiger charge is 2.25. The van der Waals surface area contributed by atoms with Crippen LogP contribution in [0.4, 0.5) is 0 Å². The lowest BCUT2D eigenvalue weighted by Crippen LogP contribution is -2.21. The van der Waals surface area contributed by atoms with E-state index in [2.05, 4.69) is 24.7 Å². The van der Waals surface area contributed by atoms with Crippen molar-refractivity contribution in [1.82, 2.24) is 5.01 Å². The molecule has 1 heterocycles. The van der Waals surface area contributed by atoms with E-state index in [0.717, 1.165) is 12.1 Å². The first-order valence-corrected chi connectivity index (χ1v) is 5.23. The van der Waals surface area contributed by atoms with Gasteiger partial charge in [0.2, 0.25) is 0 Å². The van der Waals surface area contributed by atoms with E-state index >= 15 is 0 Å². The molecule has 0 fully saturated rings. The molecule has 0 spiro atoms. The summed E-state index contributed by atoms with van der Waals surface area (Å²) in [5.41, 5.74) is 6.49. The number of nitrogens with zero attached hydrogens (tertiary/aromatic N) is 3. The number of rotatable bonds is 4. The van der Waals surface area contributed by atoms with Crippen LogP contribution in [0.2, 0.25) is 0 Å². The van der Waals surface area contributed by atoms with Crippen molar-refractivity contribution in [3.63, 3.8) is 0 Å². The minimum atomic E-state index is -0.321. The Morgan fingerprint density at radius 3 is 3.06 bits per heavy atom. The van der Waals surface area contributed by atoms with Crippen molar-refractivity contribution in [2.24, 2.45) is 16.8 Å². The first kappa shape index (κ1) is 12.1. The molecule has 0 saturated heterocycles. The largest absolute Gasteiger partial charge is 0.385 e. The van der Waals surface area contributed by atoms with Crippen LogP contribution >= 0.6 is 0 Å². The van der Waals surface area contributed by atoms with Crippen LogP contribution in [0.3, 0.4) is 0 Å². The summed E-state index contributed by atoms with van der Waals surface area (Å²) in [6.45, 7) is 6.29.